The average Bonchev–Trinajstić information content (AvgIpc) is 2.90. The zero-order valence-electron chi connectivity index (χ0n) is 20.1. The van der Waals surface area contributed by atoms with E-state index in [1.807, 2.05) is 0 Å². The molecule has 0 saturated heterocycles. The normalized spacial score (nSPS) is 22.0. The molecule has 0 saturated carbocycles. The van der Waals surface area contributed by atoms with Crippen molar-refractivity contribution in [2.24, 2.45) is 9.98 Å². The Kier molecular flexibility index (Phi) is 8.11. The van der Waals surface area contributed by atoms with Gasteiger partial charge in [-0.2, -0.15) is 21.0 Å². The van der Waals surface area contributed by atoms with E-state index in [4.69, 9.17) is 18.9 Å². The first-order chi connectivity index (χ1) is 17.3. The molecular weight excluding hydrogens is 468 g/mol. The molecule has 0 amide bonds. The fraction of sp³-hybridized carbons (Fsp3) is 0.545. The third-order valence-corrected chi connectivity index (χ3v) is 5.64. The number of nitrogens with zero attached hydrogens (tertiary/aromatic N) is 10. The lowest BCUT2D eigenvalue weighted by Crippen LogP contribution is -2.58. The molecule has 2 aromatic heterocycles. The van der Waals surface area contributed by atoms with Gasteiger partial charge < -0.3 is 18.9 Å². The van der Waals surface area contributed by atoms with Gasteiger partial charge >= 0.3 is 0 Å². The molecule has 3 heterocycles. The number of hydrogen-bond donors (Lipinski definition) is 0. The standard InChI is InChI=1S/C22H22N10O4/c1-13(33-3)35-7-5-21(11-25)22(12-26,6-8-36-14(2)34-4)32-20-19(31-21)29-17-18(30-20)28-16(10-24)15(9-23)27-17/h13-14H,5-8H2,1-4H3. The summed E-state index contributed by atoms with van der Waals surface area (Å²) in [6.45, 7) is 3.43. The largest absolute Gasteiger partial charge is 0.356 e. The summed E-state index contributed by atoms with van der Waals surface area (Å²) in [5.74, 6) is 0. The van der Waals surface area contributed by atoms with E-state index in [2.05, 4.69) is 42.1 Å². The highest BCUT2D eigenvalue weighted by atomic mass is 16.7. The molecule has 2 aromatic rings. The number of methoxy groups -OCH3 is 2. The number of aromatic nitrogens is 4. The predicted molar refractivity (Wildman–Crippen MR) is 118 cm³/mol. The summed E-state index contributed by atoms with van der Waals surface area (Å²) in [6, 6.07) is 7.85. The van der Waals surface area contributed by atoms with Crippen LogP contribution in [0.3, 0.4) is 0 Å². The predicted octanol–water partition coefficient (Wildman–Crippen LogP) is -0.261. The molecule has 184 valence electrons. The van der Waals surface area contributed by atoms with Gasteiger partial charge in [0, 0.05) is 27.1 Å². The Morgan fingerprint density at radius 1 is 0.694 bits per heavy atom. The maximum Gasteiger partial charge on any atom is 0.201 e. The van der Waals surface area contributed by atoms with E-state index in [0.29, 0.717) is 0 Å². The van der Waals surface area contributed by atoms with Crippen LogP contribution >= 0.6 is 0 Å². The molecule has 0 aliphatic carbocycles. The van der Waals surface area contributed by atoms with Gasteiger partial charge in [-0.25, -0.2) is 29.9 Å². The zero-order valence-corrected chi connectivity index (χ0v) is 20.1. The lowest BCUT2D eigenvalue weighted by molar-refractivity contribution is -0.118. The molecule has 0 radical (unpaired) electrons. The lowest BCUT2D eigenvalue weighted by atomic mass is 9.74. The van der Waals surface area contributed by atoms with Crippen LogP contribution in [0.1, 0.15) is 38.1 Å². The van der Waals surface area contributed by atoms with Gasteiger partial charge in [-0.15, -0.1) is 0 Å². The Morgan fingerprint density at radius 3 is 1.39 bits per heavy atom. The first kappa shape index (κ1) is 26.4. The SMILES string of the molecule is COC(C)OCCC1(C#N)N=c2nc3nc(C#N)c(C#N)nc3nc2=NC1(C#N)CCOC(C)OC. The maximum atomic E-state index is 10.3. The molecule has 0 aromatic carbocycles. The summed E-state index contributed by atoms with van der Waals surface area (Å²) >= 11 is 0. The second kappa shape index (κ2) is 11.0. The lowest BCUT2D eigenvalue weighted by Gasteiger charge is -2.37. The quantitative estimate of drug-likeness (QED) is 0.394. The van der Waals surface area contributed by atoms with Gasteiger partial charge in [0.15, 0.2) is 46.0 Å². The van der Waals surface area contributed by atoms with Crippen LogP contribution in [0.25, 0.3) is 11.3 Å². The molecule has 1 aliphatic rings. The molecule has 4 atom stereocenters. The maximum absolute atomic E-state index is 10.3. The average molecular weight is 490 g/mol. The zero-order chi connectivity index (χ0) is 26.3. The first-order valence-electron chi connectivity index (χ1n) is 10.8. The summed E-state index contributed by atoms with van der Waals surface area (Å²) in [4.78, 5) is 25.7. The topological polar surface area (TPSA) is 208 Å². The van der Waals surface area contributed by atoms with Gasteiger partial charge in [-0.1, -0.05) is 0 Å². The molecular formula is C22H22N10O4. The molecule has 3 rings (SSSR count). The third kappa shape index (κ3) is 4.94. The summed E-state index contributed by atoms with van der Waals surface area (Å²) < 4.78 is 21.3. The molecule has 36 heavy (non-hydrogen) atoms. The summed E-state index contributed by atoms with van der Waals surface area (Å²) in [7, 11) is 2.95. The molecule has 1 aliphatic heterocycles. The minimum atomic E-state index is -1.72. The van der Waals surface area contributed by atoms with E-state index in [9.17, 15) is 21.0 Å². The van der Waals surface area contributed by atoms with Gasteiger partial charge in [0.25, 0.3) is 0 Å². The second-order valence-electron chi connectivity index (χ2n) is 7.68. The summed E-state index contributed by atoms with van der Waals surface area (Å²) in [5, 5.41) is 39.1. The van der Waals surface area contributed by atoms with Gasteiger partial charge in [-0.3, -0.25) is 0 Å². The number of fused-ring (bicyclic) bond motifs is 2. The summed E-state index contributed by atoms with van der Waals surface area (Å²) in [6.07, 6.45) is -1.13. The number of rotatable bonds is 10. The van der Waals surface area contributed by atoms with Crippen molar-refractivity contribution >= 4 is 11.3 Å². The van der Waals surface area contributed by atoms with E-state index in [-0.39, 0.29) is 59.7 Å². The molecule has 0 fully saturated rings. The minimum Gasteiger partial charge on any atom is -0.356 e. The van der Waals surface area contributed by atoms with Crippen LogP contribution in [-0.4, -0.2) is 71.0 Å². The highest BCUT2D eigenvalue weighted by Crippen LogP contribution is 2.36. The Labute approximate surface area is 206 Å². The molecule has 14 nitrogen and oxygen atoms in total. The molecule has 4 unspecified atom stereocenters. The van der Waals surface area contributed by atoms with Crippen molar-refractivity contribution in [3.63, 3.8) is 0 Å². The first-order valence-corrected chi connectivity index (χ1v) is 10.8. The molecule has 14 heteroatoms. The van der Waals surface area contributed by atoms with Crippen LogP contribution in [0.15, 0.2) is 9.98 Å². The van der Waals surface area contributed by atoms with E-state index in [1.54, 1.807) is 26.0 Å². The number of hydrogen-bond acceptors (Lipinski definition) is 14. The van der Waals surface area contributed by atoms with E-state index >= 15 is 0 Å². The van der Waals surface area contributed by atoms with Crippen molar-refractivity contribution < 1.29 is 18.9 Å². The van der Waals surface area contributed by atoms with E-state index in [0.717, 1.165) is 0 Å². The van der Waals surface area contributed by atoms with Crippen LogP contribution in [0, 0.1) is 45.3 Å². The Morgan fingerprint density at radius 2 is 1.08 bits per heavy atom. The third-order valence-electron chi connectivity index (χ3n) is 5.64. The van der Waals surface area contributed by atoms with Crippen molar-refractivity contribution in [1.82, 2.24) is 19.9 Å². The van der Waals surface area contributed by atoms with Crippen molar-refractivity contribution in [2.75, 3.05) is 27.4 Å². The van der Waals surface area contributed by atoms with Crippen LogP contribution in [-0.2, 0) is 18.9 Å². The van der Waals surface area contributed by atoms with Gasteiger partial charge in [0.2, 0.25) is 11.3 Å². The minimum absolute atomic E-state index is 0.0181. The van der Waals surface area contributed by atoms with Crippen LogP contribution < -0.4 is 11.0 Å². The Hall–Kier alpha value is -4.18. The molecule has 0 bridgehead atoms. The monoisotopic (exact) mass is 490 g/mol. The van der Waals surface area contributed by atoms with Crippen molar-refractivity contribution in [3.05, 3.63) is 22.4 Å². The Bertz CT molecular complexity index is 1330. The van der Waals surface area contributed by atoms with Crippen LogP contribution in [0.4, 0.5) is 0 Å². The second-order valence-corrected chi connectivity index (χ2v) is 7.68. The molecule has 0 N–H and O–H groups in total. The van der Waals surface area contributed by atoms with E-state index < -0.39 is 23.7 Å². The molecule has 0 spiro atoms. The fourth-order valence-electron chi connectivity index (χ4n) is 3.47. The highest BCUT2D eigenvalue weighted by Gasteiger charge is 2.55. The summed E-state index contributed by atoms with van der Waals surface area (Å²) in [5.41, 5.74) is -4.10. The fourth-order valence-corrected chi connectivity index (χ4v) is 3.47. The van der Waals surface area contributed by atoms with Crippen molar-refractivity contribution in [3.8, 4) is 24.3 Å². The Balaban J connectivity index is 2.21. The van der Waals surface area contributed by atoms with Crippen molar-refractivity contribution in [2.45, 2.75) is 50.3 Å². The van der Waals surface area contributed by atoms with Crippen LogP contribution in [0.5, 0.6) is 0 Å². The number of ether oxygens (including phenoxy) is 4. The van der Waals surface area contributed by atoms with Gasteiger partial charge in [0.1, 0.15) is 12.1 Å². The highest BCUT2D eigenvalue weighted by molar-refractivity contribution is 5.66. The van der Waals surface area contributed by atoms with Gasteiger partial charge in [0.05, 0.1) is 25.4 Å². The smallest absolute Gasteiger partial charge is 0.201 e. The number of nitriles is 4. The van der Waals surface area contributed by atoms with E-state index in [1.165, 1.54) is 14.2 Å². The van der Waals surface area contributed by atoms with Crippen LogP contribution in [0.2, 0.25) is 0 Å². The van der Waals surface area contributed by atoms with Crippen molar-refractivity contribution in [1.29, 1.82) is 21.0 Å². The van der Waals surface area contributed by atoms with Gasteiger partial charge in [-0.05, 0) is 13.8 Å².